The van der Waals surface area contributed by atoms with E-state index in [-0.39, 0.29) is 0 Å². The Hall–Kier alpha value is -2.23. The van der Waals surface area contributed by atoms with Crippen molar-refractivity contribution >= 4 is 5.69 Å². The third kappa shape index (κ3) is 2.91. The molecule has 4 nitrogen and oxygen atoms in total. The molecule has 1 aromatic heterocycles. The number of aromatic nitrogens is 1. The fourth-order valence-electron chi connectivity index (χ4n) is 1.66. The number of nitrogens with one attached hydrogen (secondary N) is 1. The fraction of sp³-hybridized carbons (Fsp3) is 0.214. The van der Waals surface area contributed by atoms with Gasteiger partial charge in [-0.3, -0.25) is 4.98 Å². The van der Waals surface area contributed by atoms with Crippen molar-refractivity contribution in [3.8, 4) is 11.5 Å². The van der Waals surface area contributed by atoms with Crippen LogP contribution in [0.25, 0.3) is 0 Å². The van der Waals surface area contributed by atoms with Crippen molar-refractivity contribution in [1.82, 2.24) is 4.98 Å². The third-order valence-electron chi connectivity index (χ3n) is 2.62. The van der Waals surface area contributed by atoms with Gasteiger partial charge in [0, 0.05) is 24.6 Å². The number of ether oxygens (including phenoxy) is 2. The van der Waals surface area contributed by atoms with Crippen LogP contribution in [0, 0.1) is 0 Å². The van der Waals surface area contributed by atoms with Gasteiger partial charge in [-0.15, -0.1) is 0 Å². The number of methoxy groups -OCH3 is 2. The Kier molecular flexibility index (Phi) is 4.02. The monoisotopic (exact) mass is 244 g/mol. The first-order valence-electron chi connectivity index (χ1n) is 5.68. The lowest BCUT2D eigenvalue weighted by Crippen LogP contribution is -2.00. The second-order valence-corrected chi connectivity index (χ2v) is 3.78. The first-order chi connectivity index (χ1) is 8.83. The van der Waals surface area contributed by atoms with Crippen LogP contribution >= 0.6 is 0 Å². The average molecular weight is 244 g/mol. The van der Waals surface area contributed by atoms with E-state index < -0.39 is 0 Å². The van der Waals surface area contributed by atoms with E-state index in [4.69, 9.17) is 9.47 Å². The summed E-state index contributed by atoms with van der Waals surface area (Å²) in [6.07, 6.45) is 3.52. The van der Waals surface area contributed by atoms with Crippen LogP contribution in [-0.2, 0) is 6.54 Å². The van der Waals surface area contributed by atoms with E-state index in [0.29, 0.717) is 0 Å². The highest BCUT2D eigenvalue weighted by Gasteiger charge is 2.04. The minimum Gasteiger partial charge on any atom is -0.493 e. The molecule has 0 saturated carbocycles. The summed E-state index contributed by atoms with van der Waals surface area (Å²) in [5.41, 5.74) is 2.17. The molecule has 0 saturated heterocycles. The summed E-state index contributed by atoms with van der Waals surface area (Å²) in [6.45, 7) is 0.727. The summed E-state index contributed by atoms with van der Waals surface area (Å²) < 4.78 is 10.5. The summed E-state index contributed by atoms with van der Waals surface area (Å²) in [6, 6.07) is 9.74. The van der Waals surface area contributed by atoms with Gasteiger partial charge in [-0.25, -0.2) is 0 Å². The lowest BCUT2D eigenvalue weighted by Gasteiger charge is -2.10. The average Bonchev–Trinajstić information content (AvgIpc) is 2.45. The summed E-state index contributed by atoms with van der Waals surface area (Å²) in [4.78, 5) is 3.97. The lowest BCUT2D eigenvalue weighted by molar-refractivity contribution is 0.354. The molecule has 2 aromatic rings. The molecule has 0 bridgehead atoms. The largest absolute Gasteiger partial charge is 0.493 e. The van der Waals surface area contributed by atoms with Crippen LogP contribution in [0.2, 0.25) is 0 Å². The van der Waals surface area contributed by atoms with Crippen molar-refractivity contribution in [2.24, 2.45) is 0 Å². The Bertz CT molecular complexity index is 500. The molecular weight excluding hydrogens is 228 g/mol. The van der Waals surface area contributed by atoms with Crippen LogP contribution in [0.5, 0.6) is 11.5 Å². The molecule has 1 N–H and O–H groups in total. The second kappa shape index (κ2) is 5.91. The topological polar surface area (TPSA) is 43.4 Å². The van der Waals surface area contributed by atoms with E-state index in [1.807, 2.05) is 30.3 Å². The molecule has 18 heavy (non-hydrogen) atoms. The number of rotatable bonds is 5. The number of nitrogens with zero attached hydrogens (tertiary/aromatic N) is 1. The summed E-state index contributed by atoms with van der Waals surface area (Å²) in [5, 5.41) is 3.31. The fourth-order valence-corrected chi connectivity index (χ4v) is 1.66. The van der Waals surface area contributed by atoms with Gasteiger partial charge in [0.15, 0.2) is 11.5 Å². The van der Waals surface area contributed by atoms with Crippen molar-refractivity contribution in [3.63, 3.8) is 0 Å². The third-order valence-corrected chi connectivity index (χ3v) is 2.62. The van der Waals surface area contributed by atoms with Gasteiger partial charge in [0.1, 0.15) is 0 Å². The highest BCUT2D eigenvalue weighted by Crippen LogP contribution is 2.27. The molecule has 0 aliphatic rings. The number of benzene rings is 1. The molecular formula is C14H16N2O2. The van der Waals surface area contributed by atoms with Crippen LogP contribution in [0.4, 0.5) is 5.69 Å². The number of hydrogen-bond donors (Lipinski definition) is 1. The standard InChI is InChI=1S/C14H16N2O2/c1-17-13-4-3-11(9-14(13)18-2)10-16-12-5-7-15-8-6-12/h3-9H,10H2,1-2H3,(H,15,16). The Morgan fingerprint density at radius 1 is 1.00 bits per heavy atom. The van der Waals surface area contributed by atoms with Gasteiger partial charge in [-0.2, -0.15) is 0 Å². The minimum atomic E-state index is 0.727. The second-order valence-electron chi connectivity index (χ2n) is 3.78. The van der Waals surface area contributed by atoms with E-state index in [9.17, 15) is 0 Å². The molecule has 0 radical (unpaired) electrons. The molecule has 0 spiro atoms. The molecule has 2 rings (SSSR count). The van der Waals surface area contributed by atoms with E-state index >= 15 is 0 Å². The molecule has 4 heteroatoms. The van der Waals surface area contributed by atoms with E-state index in [2.05, 4.69) is 10.3 Å². The van der Waals surface area contributed by atoms with Crippen molar-refractivity contribution in [1.29, 1.82) is 0 Å². The molecule has 0 aliphatic carbocycles. The van der Waals surface area contributed by atoms with Crippen LogP contribution in [-0.4, -0.2) is 19.2 Å². The molecule has 94 valence electrons. The number of hydrogen-bond acceptors (Lipinski definition) is 4. The van der Waals surface area contributed by atoms with Gasteiger partial charge in [0.25, 0.3) is 0 Å². The maximum Gasteiger partial charge on any atom is 0.161 e. The first kappa shape index (κ1) is 12.2. The predicted octanol–water partition coefficient (Wildman–Crippen LogP) is 2.71. The van der Waals surface area contributed by atoms with Crippen LogP contribution < -0.4 is 14.8 Å². The smallest absolute Gasteiger partial charge is 0.161 e. The van der Waals surface area contributed by atoms with Gasteiger partial charge in [-0.1, -0.05) is 6.07 Å². The van der Waals surface area contributed by atoms with E-state index in [1.165, 1.54) is 0 Å². The highest BCUT2D eigenvalue weighted by molar-refractivity contribution is 5.45. The predicted molar refractivity (Wildman–Crippen MR) is 71.1 cm³/mol. The Balaban J connectivity index is 2.06. The summed E-state index contributed by atoms with van der Waals surface area (Å²) in [7, 11) is 3.27. The van der Waals surface area contributed by atoms with Crippen molar-refractivity contribution in [2.45, 2.75) is 6.54 Å². The summed E-state index contributed by atoms with van der Waals surface area (Å²) in [5.74, 6) is 1.48. The zero-order chi connectivity index (χ0) is 12.8. The summed E-state index contributed by atoms with van der Waals surface area (Å²) >= 11 is 0. The Labute approximate surface area is 107 Å². The zero-order valence-electron chi connectivity index (χ0n) is 10.5. The molecule has 1 heterocycles. The van der Waals surface area contributed by atoms with Crippen molar-refractivity contribution in [3.05, 3.63) is 48.3 Å². The normalized spacial score (nSPS) is 9.89. The van der Waals surface area contributed by atoms with Crippen molar-refractivity contribution < 1.29 is 9.47 Å². The highest BCUT2D eigenvalue weighted by atomic mass is 16.5. The van der Waals surface area contributed by atoms with Crippen molar-refractivity contribution in [2.75, 3.05) is 19.5 Å². The van der Waals surface area contributed by atoms with E-state index in [1.54, 1.807) is 26.6 Å². The minimum absolute atomic E-state index is 0.727. The SMILES string of the molecule is COc1ccc(CNc2ccncc2)cc1OC. The van der Waals surface area contributed by atoms with Crippen LogP contribution in [0.3, 0.4) is 0 Å². The van der Waals surface area contributed by atoms with Crippen LogP contribution in [0.1, 0.15) is 5.56 Å². The molecule has 0 fully saturated rings. The Morgan fingerprint density at radius 2 is 1.72 bits per heavy atom. The van der Waals surface area contributed by atoms with Gasteiger partial charge < -0.3 is 14.8 Å². The zero-order valence-corrected chi connectivity index (χ0v) is 10.5. The molecule has 0 aliphatic heterocycles. The Morgan fingerprint density at radius 3 is 2.39 bits per heavy atom. The number of pyridine rings is 1. The lowest BCUT2D eigenvalue weighted by atomic mass is 10.2. The maximum atomic E-state index is 5.27. The first-order valence-corrected chi connectivity index (χ1v) is 5.68. The molecule has 0 amide bonds. The van der Waals surface area contributed by atoms with Gasteiger partial charge in [0.05, 0.1) is 14.2 Å². The maximum absolute atomic E-state index is 5.27. The van der Waals surface area contributed by atoms with Gasteiger partial charge in [-0.05, 0) is 29.8 Å². The molecule has 0 unspecified atom stereocenters. The van der Waals surface area contributed by atoms with E-state index in [0.717, 1.165) is 29.3 Å². The van der Waals surface area contributed by atoms with Gasteiger partial charge in [0.2, 0.25) is 0 Å². The molecule has 0 atom stereocenters. The molecule has 1 aromatic carbocycles. The number of anilines is 1. The quantitative estimate of drug-likeness (QED) is 0.878. The van der Waals surface area contributed by atoms with Crippen LogP contribution in [0.15, 0.2) is 42.7 Å². The van der Waals surface area contributed by atoms with Gasteiger partial charge >= 0.3 is 0 Å².